The van der Waals surface area contributed by atoms with E-state index in [4.69, 9.17) is 4.74 Å². The van der Waals surface area contributed by atoms with E-state index in [1.165, 1.54) is 18.3 Å². The lowest BCUT2D eigenvalue weighted by Crippen LogP contribution is -2.42. The van der Waals surface area contributed by atoms with Crippen LogP contribution in [-0.4, -0.2) is 57.9 Å². The fourth-order valence-corrected chi connectivity index (χ4v) is 4.47. The number of ether oxygens (including phenoxy) is 1. The molecule has 2 amide bonds. The van der Waals surface area contributed by atoms with E-state index in [0.29, 0.717) is 10.9 Å². The van der Waals surface area contributed by atoms with Gasteiger partial charge in [-0.25, -0.2) is 13.6 Å². The number of alkyl halides is 1. The molecule has 3 aromatic rings. The Kier molecular flexibility index (Phi) is 7.46. The van der Waals surface area contributed by atoms with Crippen molar-refractivity contribution in [2.45, 2.75) is 31.9 Å². The summed E-state index contributed by atoms with van der Waals surface area (Å²) in [5.74, 6) is -1.52. The average molecular weight is 550 g/mol. The first-order valence-electron chi connectivity index (χ1n) is 10.8. The summed E-state index contributed by atoms with van der Waals surface area (Å²) in [7, 11) is 0. The number of benzene rings is 2. The minimum absolute atomic E-state index is 0.152. The number of Topliss-reactive ketones (excluding diaryl/α,β-unsaturated/α-hetero) is 1. The topological polar surface area (TPSA) is 101 Å². The molecular formula is C24H22BrF2N3O5. The number of likely N-dealkylation sites (tertiary alicyclic amines) is 1. The monoisotopic (exact) mass is 549 g/mol. The Labute approximate surface area is 207 Å². The third-order valence-electron chi connectivity index (χ3n) is 5.76. The molecule has 0 aliphatic carbocycles. The van der Waals surface area contributed by atoms with E-state index in [0.717, 1.165) is 4.90 Å². The van der Waals surface area contributed by atoms with Crippen molar-refractivity contribution in [3.05, 3.63) is 70.1 Å². The predicted octanol–water partition coefficient (Wildman–Crippen LogP) is 3.54. The molecule has 1 fully saturated rings. The molecule has 2 aromatic carbocycles. The zero-order valence-corrected chi connectivity index (χ0v) is 20.0. The van der Waals surface area contributed by atoms with Gasteiger partial charge in [-0.2, -0.15) is 0 Å². The number of alkyl carbamates (subject to hydrolysis) is 1. The largest absolute Gasteiger partial charge is 0.425 e. The summed E-state index contributed by atoms with van der Waals surface area (Å²) in [6.45, 7) is -1.30. The molecule has 4 rings (SSSR count). The Bertz CT molecular complexity index is 1280. The average Bonchev–Trinajstić information content (AvgIpc) is 3.39. The predicted molar refractivity (Wildman–Crippen MR) is 126 cm³/mol. The lowest BCUT2D eigenvalue weighted by molar-refractivity contribution is -0.138. The summed E-state index contributed by atoms with van der Waals surface area (Å²) in [6, 6.07) is 11.6. The third kappa shape index (κ3) is 5.35. The zero-order valence-electron chi connectivity index (χ0n) is 18.4. The molecule has 11 heteroatoms. The maximum atomic E-state index is 14.2. The number of hydrogen-bond acceptors (Lipinski definition) is 5. The molecular weight excluding hydrogens is 528 g/mol. The first-order valence-corrected chi connectivity index (χ1v) is 11.6. The number of nitrogens with zero attached hydrogens (tertiary/aromatic N) is 2. The highest BCUT2D eigenvalue weighted by molar-refractivity contribution is 9.10. The molecule has 1 aromatic heterocycles. The molecule has 35 heavy (non-hydrogen) atoms. The summed E-state index contributed by atoms with van der Waals surface area (Å²) >= 11 is 3.07. The van der Waals surface area contributed by atoms with Gasteiger partial charge in [-0.3, -0.25) is 9.59 Å². The van der Waals surface area contributed by atoms with Gasteiger partial charge < -0.3 is 24.6 Å². The molecule has 1 saturated heterocycles. The molecule has 184 valence electrons. The number of rotatable bonds is 7. The van der Waals surface area contributed by atoms with Gasteiger partial charge in [0.2, 0.25) is 5.91 Å². The van der Waals surface area contributed by atoms with Gasteiger partial charge in [0.15, 0.2) is 12.0 Å². The molecule has 0 bridgehead atoms. The minimum atomic E-state index is -1.38. The maximum absolute atomic E-state index is 14.2. The molecule has 0 saturated carbocycles. The summed E-state index contributed by atoms with van der Waals surface area (Å²) in [6.07, 6.45) is -2.15. The summed E-state index contributed by atoms with van der Waals surface area (Å²) in [4.78, 5) is 38.6. The fourth-order valence-electron chi connectivity index (χ4n) is 4.06. The molecule has 1 aliphatic heterocycles. The number of aliphatic hydroxyl groups excluding tert-OH is 1. The maximum Gasteiger partial charge on any atom is 0.409 e. The van der Waals surface area contributed by atoms with Crippen LogP contribution in [-0.2, 0) is 22.6 Å². The van der Waals surface area contributed by atoms with Crippen LogP contribution >= 0.6 is 15.9 Å². The van der Waals surface area contributed by atoms with Crippen molar-refractivity contribution in [2.75, 3.05) is 13.2 Å². The number of aliphatic hydroxyl groups is 1. The van der Waals surface area contributed by atoms with E-state index < -0.39 is 42.6 Å². The lowest BCUT2D eigenvalue weighted by Gasteiger charge is -2.24. The minimum Gasteiger partial charge on any atom is -0.425 e. The van der Waals surface area contributed by atoms with Gasteiger partial charge in [-0.15, -0.1) is 0 Å². The van der Waals surface area contributed by atoms with Crippen LogP contribution in [0, 0.1) is 5.82 Å². The second-order valence-electron chi connectivity index (χ2n) is 8.07. The first-order chi connectivity index (χ1) is 16.8. The van der Waals surface area contributed by atoms with E-state index >= 15 is 0 Å². The van der Waals surface area contributed by atoms with Crippen molar-refractivity contribution in [1.82, 2.24) is 14.8 Å². The van der Waals surface area contributed by atoms with Gasteiger partial charge >= 0.3 is 6.09 Å². The van der Waals surface area contributed by atoms with Gasteiger partial charge in [0, 0.05) is 41.2 Å². The van der Waals surface area contributed by atoms with Crippen LogP contribution in [0.3, 0.4) is 0 Å². The smallest absolute Gasteiger partial charge is 0.409 e. The van der Waals surface area contributed by atoms with Crippen molar-refractivity contribution in [2.24, 2.45) is 0 Å². The van der Waals surface area contributed by atoms with Crippen molar-refractivity contribution in [3.8, 4) is 0 Å². The number of carbonyl (C=O) groups is 3. The quantitative estimate of drug-likeness (QED) is 0.439. The third-order valence-corrected chi connectivity index (χ3v) is 6.37. The highest BCUT2D eigenvalue weighted by atomic mass is 79.9. The zero-order chi connectivity index (χ0) is 25.1. The van der Waals surface area contributed by atoms with Crippen molar-refractivity contribution < 1.29 is 33.0 Å². The highest BCUT2D eigenvalue weighted by Gasteiger charge is 2.38. The van der Waals surface area contributed by atoms with Crippen LogP contribution in [0.4, 0.5) is 13.6 Å². The Morgan fingerprint density at radius 2 is 1.94 bits per heavy atom. The normalized spacial score (nSPS) is 17.5. The van der Waals surface area contributed by atoms with Crippen LogP contribution in [0.25, 0.3) is 10.9 Å². The summed E-state index contributed by atoms with van der Waals surface area (Å²) in [5.41, 5.74) is 1.10. The summed E-state index contributed by atoms with van der Waals surface area (Å²) < 4.78 is 35.3. The SMILES string of the molecule is O=C(NCc1cccc(Br)c1F)O[C@H]1C[C@@H](F)CN1C(=O)Cn1cc(C(=O)CO)c2ccccc21. The van der Waals surface area contributed by atoms with Crippen LogP contribution in [0.5, 0.6) is 0 Å². The number of halogens is 3. The van der Waals surface area contributed by atoms with E-state index in [1.807, 2.05) is 0 Å². The van der Waals surface area contributed by atoms with Crippen LogP contribution in [0.2, 0.25) is 0 Å². The Balaban J connectivity index is 1.44. The van der Waals surface area contributed by atoms with E-state index in [2.05, 4.69) is 21.2 Å². The Morgan fingerprint density at radius 3 is 2.71 bits per heavy atom. The number of fused-ring (bicyclic) bond motifs is 1. The number of aromatic nitrogens is 1. The number of hydrogen-bond donors (Lipinski definition) is 2. The fraction of sp³-hybridized carbons (Fsp3) is 0.292. The standard InChI is InChI=1S/C24H22BrF2N3O5/c25-18-6-3-4-14(23(18)27)9-28-24(34)35-22-8-15(26)10-30(22)21(33)12-29-11-17(20(32)13-31)16-5-1-2-7-19(16)29/h1-7,11,15,22,31H,8-10,12-13H2,(H,28,34)/t15-,22+/m1/s1. The van der Waals surface area contributed by atoms with Gasteiger partial charge in [0.25, 0.3) is 0 Å². The molecule has 2 heterocycles. The second-order valence-corrected chi connectivity index (χ2v) is 8.93. The van der Waals surface area contributed by atoms with Gasteiger partial charge in [-0.05, 0) is 28.1 Å². The number of carbonyl (C=O) groups excluding carboxylic acids is 3. The van der Waals surface area contributed by atoms with Crippen LogP contribution in [0.1, 0.15) is 22.3 Å². The molecule has 0 spiro atoms. The molecule has 2 atom stereocenters. The van der Waals surface area contributed by atoms with Crippen molar-refractivity contribution in [1.29, 1.82) is 0 Å². The van der Waals surface area contributed by atoms with Crippen molar-refractivity contribution in [3.63, 3.8) is 0 Å². The van der Waals surface area contributed by atoms with Crippen molar-refractivity contribution >= 4 is 44.6 Å². The van der Waals surface area contributed by atoms with E-state index in [1.54, 1.807) is 34.9 Å². The van der Waals surface area contributed by atoms with Gasteiger partial charge in [0.1, 0.15) is 25.1 Å². The molecule has 1 aliphatic rings. The van der Waals surface area contributed by atoms with Gasteiger partial charge in [-0.1, -0.05) is 30.3 Å². The molecule has 0 unspecified atom stereocenters. The lowest BCUT2D eigenvalue weighted by atomic mass is 10.1. The first kappa shape index (κ1) is 24.8. The summed E-state index contributed by atoms with van der Waals surface area (Å²) in [5, 5.41) is 12.2. The van der Waals surface area contributed by atoms with Crippen LogP contribution < -0.4 is 5.32 Å². The Hall–Kier alpha value is -3.31. The number of nitrogens with one attached hydrogen (secondary N) is 1. The van der Waals surface area contributed by atoms with E-state index in [9.17, 15) is 28.3 Å². The number of amides is 2. The number of ketones is 1. The highest BCUT2D eigenvalue weighted by Crippen LogP contribution is 2.25. The molecule has 0 radical (unpaired) electrons. The number of para-hydroxylation sites is 1. The second kappa shape index (κ2) is 10.5. The molecule has 8 nitrogen and oxygen atoms in total. The van der Waals surface area contributed by atoms with Gasteiger partial charge in [0.05, 0.1) is 11.0 Å². The Morgan fingerprint density at radius 1 is 1.17 bits per heavy atom. The molecule has 2 N–H and O–H groups in total. The van der Waals surface area contributed by atoms with E-state index in [-0.39, 0.29) is 41.7 Å². The van der Waals surface area contributed by atoms with Crippen LogP contribution in [0.15, 0.2) is 53.1 Å².